The molecule has 0 spiro atoms. The smallest absolute Gasteiger partial charge is 0.123 e. The summed E-state index contributed by atoms with van der Waals surface area (Å²) in [6.45, 7) is 0. The van der Waals surface area contributed by atoms with Crippen molar-refractivity contribution in [1.29, 1.82) is 0 Å². The van der Waals surface area contributed by atoms with E-state index in [2.05, 4.69) is 121 Å². The zero-order valence-corrected chi connectivity index (χ0v) is 18.9. The molecule has 1 saturated carbocycles. The molecule has 1 aliphatic heterocycles. The number of hydrogen-bond donors (Lipinski definition) is 0. The number of hydrogen-bond acceptors (Lipinski definition) is 1. The minimum Gasteiger partial charge on any atom is -0.349 e. The third-order valence-electron chi connectivity index (χ3n) is 7.94. The number of benzene rings is 4. The van der Waals surface area contributed by atoms with Gasteiger partial charge in [-0.3, -0.25) is 0 Å². The van der Waals surface area contributed by atoms with Crippen LogP contribution in [0.1, 0.15) is 47.9 Å². The SMILES string of the molecule is c1ccc(C2(c3ccccc3)OC(c3ccccc3)(c3ccccc3)C3CCCCC32)cc1. The van der Waals surface area contributed by atoms with Gasteiger partial charge in [-0.25, -0.2) is 0 Å². The maximum atomic E-state index is 7.73. The molecule has 1 heterocycles. The summed E-state index contributed by atoms with van der Waals surface area (Å²) in [5.74, 6) is 0.799. The second-order valence-electron chi connectivity index (χ2n) is 9.53. The Morgan fingerprint density at radius 2 is 0.697 bits per heavy atom. The average molecular weight is 431 g/mol. The molecule has 2 unspecified atom stereocenters. The fourth-order valence-electron chi connectivity index (χ4n) is 6.68. The van der Waals surface area contributed by atoms with Crippen molar-refractivity contribution >= 4 is 0 Å². The summed E-state index contributed by atoms with van der Waals surface area (Å²) in [4.78, 5) is 0. The Morgan fingerprint density at radius 1 is 0.424 bits per heavy atom. The number of fused-ring (bicyclic) bond motifs is 1. The molecule has 0 aromatic heterocycles. The lowest BCUT2D eigenvalue weighted by Crippen LogP contribution is -2.36. The molecule has 4 aromatic rings. The highest BCUT2D eigenvalue weighted by Crippen LogP contribution is 2.65. The van der Waals surface area contributed by atoms with Gasteiger partial charge >= 0.3 is 0 Å². The number of ether oxygens (including phenoxy) is 1. The number of rotatable bonds is 4. The first-order chi connectivity index (χ1) is 16.4. The van der Waals surface area contributed by atoms with Crippen molar-refractivity contribution in [3.8, 4) is 0 Å². The van der Waals surface area contributed by atoms with Crippen LogP contribution in [0, 0.1) is 11.8 Å². The van der Waals surface area contributed by atoms with Gasteiger partial charge in [0, 0.05) is 11.8 Å². The molecule has 6 rings (SSSR count). The van der Waals surface area contributed by atoms with Crippen LogP contribution >= 0.6 is 0 Å². The molecule has 4 aromatic carbocycles. The first-order valence-corrected chi connectivity index (χ1v) is 12.3. The molecule has 1 aliphatic carbocycles. The molecule has 0 bridgehead atoms. The van der Waals surface area contributed by atoms with Crippen molar-refractivity contribution in [2.75, 3.05) is 0 Å². The van der Waals surface area contributed by atoms with Gasteiger partial charge in [0.2, 0.25) is 0 Å². The van der Waals surface area contributed by atoms with Crippen LogP contribution in [0.25, 0.3) is 0 Å². The lowest BCUT2D eigenvalue weighted by atomic mass is 9.62. The molecule has 0 N–H and O–H groups in total. The molecule has 2 fully saturated rings. The standard InChI is InChI=1S/C32H30O/c1-5-15-25(16-6-1)31(26-17-7-2-8-18-26)29-23-13-14-24-30(29)32(33-31,27-19-9-3-10-20-27)28-21-11-4-12-22-28/h1-12,15-22,29-30H,13-14,23-24H2. The molecule has 2 aliphatic rings. The monoisotopic (exact) mass is 430 g/mol. The van der Waals surface area contributed by atoms with Crippen molar-refractivity contribution in [3.05, 3.63) is 144 Å². The van der Waals surface area contributed by atoms with Crippen LogP contribution in [-0.4, -0.2) is 0 Å². The minimum absolute atomic E-state index is 0.400. The van der Waals surface area contributed by atoms with Gasteiger partial charge in [0.25, 0.3) is 0 Å². The summed E-state index contributed by atoms with van der Waals surface area (Å²) in [6, 6.07) is 43.9. The van der Waals surface area contributed by atoms with Crippen LogP contribution in [0.2, 0.25) is 0 Å². The van der Waals surface area contributed by atoms with Crippen LogP contribution < -0.4 is 0 Å². The molecule has 0 radical (unpaired) electrons. The Hall–Kier alpha value is -3.16. The predicted octanol–water partition coefficient (Wildman–Crippen LogP) is 7.71. The Labute approximate surface area is 197 Å². The fourth-order valence-corrected chi connectivity index (χ4v) is 6.68. The van der Waals surface area contributed by atoms with Crippen molar-refractivity contribution in [2.45, 2.75) is 36.9 Å². The van der Waals surface area contributed by atoms with Gasteiger partial charge in [-0.2, -0.15) is 0 Å². The molecule has 1 nitrogen and oxygen atoms in total. The molecule has 1 heteroatoms. The van der Waals surface area contributed by atoms with Crippen LogP contribution in [0.4, 0.5) is 0 Å². The van der Waals surface area contributed by atoms with E-state index in [1.807, 2.05) is 0 Å². The van der Waals surface area contributed by atoms with E-state index in [4.69, 9.17) is 4.74 Å². The molecule has 0 amide bonds. The first kappa shape index (κ1) is 20.4. The summed E-state index contributed by atoms with van der Waals surface area (Å²) in [5, 5.41) is 0. The quantitative estimate of drug-likeness (QED) is 0.322. The Balaban J connectivity index is 1.68. The molecule has 33 heavy (non-hydrogen) atoms. The van der Waals surface area contributed by atoms with E-state index in [1.54, 1.807) is 0 Å². The second-order valence-corrected chi connectivity index (χ2v) is 9.53. The molecule has 1 saturated heterocycles. The third kappa shape index (κ3) is 3.10. The van der Waals surface area contributed by atoms with Gasteiger partial charge in [-0.15, -0.1) is 0 Å². The van der Waals surface area contributed by atoms with Crippen LogP contribution in [0.15, 0.2) is 121 Å². The highest BCUT2D eigenvalue weighted by molar-refractivity contribution is 5.47. The topological polar surface area (TPSA) is 9.23 Å². The maximum Gasteiger partial charge on any atom is 0.123 e. The van der Waals surface area contributed by atoms with E-state index in [9.17, 15) is 0 Å². The van der Waals surface area contributed by atoms with E-state index in [0.29, 0.717) is 11.8 Å². The van der Waals surface area contributed by atoms with E-state index >= 15 is 0 Å². The minimum atomic E-state index is -0.487. The molecule has 2 atom stereocenters. The first-order valence-electron chi connectivity index (χ1n) is 12.3. The summed E-state index contributed by atoms with van der Waals surface area (Å²) in [6.07, 6.45) is 4.86. The van der Waals surface area contributed by atoms with Crippen molar-refractivity contribution < 1.29 is 4.74 Å². The van der Waals surface area contributed by atoms with Crippen molar-refractivity contribution in [1.82, 2.24) is 0 Å². The summed E-state index contributed by atoms with van der Waals surface area (Å²) < 4.78 is 7.73. The van der Waals surface area contributed by atoms with Crippen LogP contribution in [-0.2, 0) is 15.9 Å². The lowest BCUT2D eigenvalue weighted by molar-refractivity contribution is -0.0845. The average Bonchev–Trinajstić information content (AvgIpc) is 3.24. The summed E-state index contributed by atoms with van der Waals surface area (Å²) in [5.41, 5.74) is 4.09. The maximum absolute atomic E-state index is 7.73. The van der Waals surface area contributed by atoms with E-state index in [0.717, 1.165) is 0 Å². The largest absolute Gasteiger partial charge is 0.349 e. The van der Waals surface area contributed by atoms with Gasteiger partial charge in [0.05, 0.1) is 0 Å². The zero-order valence-electron chi connectivity index (χ0n) is 18.9. The normalized spacial score (nSPS) is 23.0. The molecular weight excluding hydrogens is 400 g/mol. The molecular formula is C32H30O. The van der Waals surface area contributed by atoms with Crippen molar-refractivity contribution in [3.63, 3.8) is 0 Å². The van der Waals surface area contributed by atoms with Gasteiger partial charge in [0.15, 0.2) is 0 Å². The predicted molar refractivity (Wildman–Crippen MR) is 134 cm³/mol. The Bertz CT molecular complexity index is 1010. The highest BCUT2D eigenvalue weighted by atomic mass is 16.5. The Morgan fingerprint density at radius 3 is 0.970 bits per heavy atom. The van der Waals surface area contributed by atoms with Crippen molar-refractivity contribution in [2.24, 2.45) is 11.8 Å². The summed E-state index contributed by atoms with van der Waals surface area (Å²) in [7, 11) is 0. The van der Waals surface area contributed by atoms with Gasteiger partial charge < -0.3 is 4.74 Å². The molecule has 164 valence electrons. The van der Waals surface area contributed by atoms with E-state index in [1.165, 1.54) is 47.9 Å². The second kappa shape index (κ2) is 8.32. The van der Waals surface area contributed by atoms with E-state index < -0.39 is 11.2 Å². The summed E-state index contributed by atoms with van der Waals surface area (Å²) >= 11 is 0. The van der Waals surface area contributed by atoms with Crippen LogP contribution in [0.3, 0.4) is 0 Å². The third-order valence-corrected chi connectivity index (χ3v) is 7.94. The van der Waals surface area contributed by atoms with Gasteiger partial charge in [-0.1, -0.05) is 134 Å². The van der Waals surface area contributed by atoms with E-state index in [-0.39, 0.29) is 0 Å². The van der Waals surface area contributed by atoms with Gasteiger partial charge in [0.1, 0.15) is 11.2 Å². The van der Waals surface area contributed by atoms with Crippen LogP contribution in [0.5, 0.6) is 0 Å². The Kier molecular flexibility index (Phi) is 5.15. The highest BCUT2D eigenvalue weighted by Gasteiger charge is 2.64. The fraction of sp³-hybridized carbons (Fsp3) is 0.250. The zero-order chi connectivity index (χ0) is 22.1. The lowest BCUT2D eigenvalue weighted by Gasteiger charge is -2.38. The van der Waals surface area contributed by atoms with Gasteiger partial charge in [-0.05, 0) is 35.1 Å².